The van der Waals surface area contributed by atoms with Crippen molar-refractivity contribution in [1.29, 1.82) is 0 Å². The molecular weight excluding hydrogens is 212 g/mol. The number of ether oxygens (including phenoxy) is 1. The van der Waals surface area contributed by atoms with Crippen LogP contribution < -0.4 is 4.74 Å². The Morgan fingerprint density at radius 3 is 2.12 bits per heavy atom. The summed E-state index contributed by atoms with van der Waals surface area (Å²) in [6.07, 6.45) is 0. The zero-order chi connectivity index (χ0) is 12.4. The molecule has 0 aliphatic carbocycles. The molecule has 2 heteroatoms. The van der Waals surface area contributed by atoms with Crippen LogP contribution in [0.5, 0.6) is 17.2 Å². The number of phenols is 1. The van der Waals surface area contributed by atoms with E-state index >= 15 is 0 Å². The van der Waals surface area contributed by atoms with Crippen LogP contribution in [0.25, 0.3) is 0 Å². The summed E-state index contributed by atoms with van der Waals surface area (Å²) >= 11 is 0. The Morgan fingerprint density at radius 2 is 1.53 bits per heavy atom. The van der Waals surface area contributed by atoms with Crippen LogP contribution in [0.4, 0.5) is 0 Å². The first-order chi connectivity index (χ1) is 8.08. The largest absolute Gasteiger partial charge is 0.504 e. The third-order valence-corrected chi connectivity index (χ3v) is 2.68. The minimum atomic E-state index is 0.159. The van der Waals surface area contributed by atoms with Crippen LogP contribution in [0.1, 0.15) is 16.7 Å². The van der Waals surface area contributed by atoms with Gasteiger partial charge in [-0.25, -0.2) is 0 Å². The van der Waals surface area contributed by atoms with Gasteiger partial charge in [0.05, 0.1) is 0 Å². The molecule has 2 rings (SSSR count). The predicted octanol–water partition coefficient (Wildman–Crippen LogP) is 4.11. The summed E-state index contributed by atoms with van der Waals surface area (Å²) in [5.74, 6) is 1.46. The van der Waals surface area contributed by atoms with Gasteiger partial charge in [0.15, 0.2) is 11.5 Å². The maximum atomic E-state index is 9.68. The Bertz CT molecular complexity index is 521. The number of hydrogen-bond acceptors (Lipinski definition) is 2. The third kappa shape index (κ3) is 2.41. The van der Waals surface area contributed by atoms with Crippen molar-refractivity contribution in [2.24, 2.45) is 0 Å². The van der Waals surface area contributed by atoms with Gasteiger partial charge in [0, 0.05) is 0 Å². The first kappa shape index (κ1) is 11.5. The van der Waals surface area contributed by atoms with E-state index in [1.54, 1.807) is 18.2 Å². The Kier molecular flexibility index (Phi) is 3.05. The molecule has 0 amide bonds. The van der Waals surface area contributed by atoms with E-state index in [9.17, 15) is 5.11 Å². The average Bonchev–Trinajstić information content (AvgIpc) is 2.25. The molecule has 88 valence electrons. The van der Waals surface area contributed by atoms with Gasteiger partial charge in [-0.3, -0.25) is 0 Å². The van der Waals surface area contributed by atoms with E-state index in [1.807, 2.05) is 19.9 Å². The van der Waals surface area contributed by atoms with E-state index in [0.717, 1.165) is 16.9 Å². The summed E-state index contributed by atoms with van der Waals surface area (Å²) in [6, 6.07) is 11.1. The molecule has 2 aromatic carbocycles. The first-order valence-electron chi connectivity index (χ1n) is 5.61. The highest BCUT2D eigenvalue weighted by Gasteiger charge is 2.08. The predicted molar refractivity (Wildman–Crippen MR) is 68.8 cm³/mol. The standard InChI is InChI=1S/C15H16O2/c1-10-8-11(2)15(12(3)9-10)17-14-7-5-4-6-13(14)16/h4-9,16H,1-3H3. The van der Waals surface area contributed by atoms with Crippen molar-refractivity contribution in [2.75, 3.05) is 0 Å². The highest BCUT2D eigenvalue weighted by Crippen LogP contribution is 2.34. The van der Waals surface area contributed by atoms with Crippen molar-refractivity contribution < 1.29 is 9.84 Å². The summed E-state index contributed by atoms with van der Waals surface area (Å²) in [4.78, 5) is 0. The van der Waals surface area contributed by atoms with Gasteiger partial charge in [0.25, 0.3) is 0 Å². The van der Waals surface area contributed by atoms with Gasteiger partial charge in [-0.1, -0.05) is 29.8 Å². The van der Waals surface area contributed by atoms with Gasteiger partial charge in [0.1, 0.15) is 5.75 Å². The lowest BCUT2D eigenvalue weighted by molar-refractivity contribution is 0.408. The minimum Gasteiger partial charge on any atom is -0.504 e. The molecule has 0 atom stereocenters. The molecule has 1 N–H and O–H groups in total. The van der Waals surface area contributed by atoms with E-state index in [2.05, 4.69) is 19.1 Å². The van der Waals surface area contributed by atoms with Gasteiger partial charge >= 0.3 is 0 Å². The van der Waals surface area contributed by atoms with Crippen molar-refractivity contribution in [3.05, 3.63) is 53.1 Å². The van der Waals surface area contributed by atoms with Crippen molar-refractivity contribution in [3.63, 3.8) is 0 Å². The molecule has 0 saturated heterocycles. The topological polar surface area (TPSA) is 29.5 Å². The van der Waals surface area contributed by atoms with E-state index in [-0.39, 0.29) is 5.75 Å². The first-order valence-corrected chi connectivity index (χ1v) is 5.61. The van der Waals surface area contributed by atoms with Gasteiger partial charge in [-0.2, -0.15) is 0 Å². The monoisotopic (exact) mass is 228 g/mol. The lowest BCUT2D eigenvalue weighted by Gasteiger charge is -2.13. The molecule has 0 radical (unpaired) electrons. The summed E-state index contributed by atoms with van der Waals surface area (Å²) in [5.41, 5.74) is 3.36. The van der Waals surface area contributed by atoms with Gasteiger partial charge < -0.3 is 9.84 Å². The average molecular weight is 228 g/mol. The van der Waals surface area contributed by atoms with E-state index in [4.69, 9.17) is 4.74 Å². The fourth-order valence-corrected chi connectivity index (χ4v) is 1.98. The molecule has 0 saturated carbocycles. The van der Waals surface area contributed by atoms with Crippen LogP contribution in [0.3, 0.4) is 0 Å². The molecule has 0 aromatic heterocycles. The van der Waals surface area contributed by atoms with Gasteiger partial charge in [0.2, 0.25) is 0 Å². The fourth-order valence-electron chi connectivity index (χ4n) is 1.98. The van der Waals surface area contributed by atoms with E-state index in [1.165, 1.54) is 5.56 Å². The highest BCUT2D eigenvalue weighted by molar-refractivity contribution is 5.48. The second-order valence-corrected chi connectivity index (χ2v) is 4.30. The fraction of sp³-hybridized carbons (Fsp3) is 0.200. The summed E-state index contributed by atoms with van der Waals surface area (Å²) in [7, 11) is 0. The normalized spacial score (nSPS) is 10.3. The number of para-hydroxylation sites is 2. The lowest BCUT2D eigenvalue weighted by Crippen LogP contribution is -1.92. The number of rotatable bonds is 2. The maximum absolute atomic E-state index is 9.68. The summed E-state index contributed by atoms with van der Waals surface area (Å²) in [5, 5.41) is 9.68. The summed E-state index contributed by atoms with van der Waals surface area (Å²) < 4.78 is 5.78. The molecule has 17 heavy (non-hydrogen) atoms. The Morgan fingerprint density at radius 1 is 0.941 bits per heavy atom. The van der Waals surface area contributed by atoms with Crippen LogP contribution in [0, 0.1) is 20.8 Å². The van der Waals surface area contributed by atoms with Crippen molar-refractivity contribution >= 4 is 0 Å². The van der Waals surface area contributed by atoms with Crippen molar-refractivity contribution in [1.82, 2.24) is 0 Å². The van der Waals surface area contributed by atoms with Crippen molar-refractivity contribution in [2.45, 2.75) is 20.8 Å². The molecule has 0 aliphatic rings. The Balaban J connectivity index is 2.40. The van der Waals surface area contributed by atoms with E-state index < -0.39 is 0 Å². The molecule has 2 nitrogen and oxygen atoms in total. The molecule has 0 fully saturated rings. The van der Waals surface area contributed by atoms with Crippen LogP contribution >= 0.6 is 0 Å². The maximum Gasteiger partial charge on any atom is 0.169 e. The zero-order valence-corrected chi connectivity index (χ0v) is 10.3. The number of phenolic OH excluding ortho intramolecular Hbond substituents is 1. The molecule has 0 heterocycles. The Hall–Kier alpha value is -1.96. The van der Waals surface area contributed by atoms with Crippen LogP contribution in [-0.4, -0.2) is 5.11 Å². The molecule has 0 aliphatic heterocycles. The Labute approximate surface area is 101 Å². The lowest BCUT2D eigenvalue weighted by atomic mass is 10.1. The number of aromatic hydroxyl groups is 1. The number of benzene rings is 2. The second-order valence-electron chi connectivity index (χ2n) is 4.30. The van der Waals surface area contributed by atoms with Crippen molar-refractivity contribution in [3.8, 4) is 17.2 Å². The molecule has 0 spiro atoms. The van der Waals surface area contributed by atoms with Crippen LogP contribution in [-0.2, 0) is 0 Å². The van der Waals surface area contributed by atoms with Gasteiger partial charge in [-0.15, -0.1) is 0 Å². The number of aryl methyl sites for hydroxylation is 3. The molecule has 0 unspecified atom stereocenters. The van der Waals surface area contributed by atoms with Crippen LogP contribution in [0.15, 0.2) is 36.4 Å². The molecule has 2 aromatic rings. The van der Waals surface area contributed by atoms with Crippen LogP contribution in [0.2, 0.25) is 0 Å². The smallest absolute Gasteiger partial charge is 0.169 e. The SMILES string of the molecule is Cc1cc(C)c(Oc2ccccc2O)c(C)c1. The minimum absolute atomic E-state index is 0.159. The van der Waals surface area contributed by atoms with Gasteiger partial charge in [-0.05, 0) is 44.0 Å². The van der Waals surface area contributed by atoms with E-state index in [0.29, 0.717) is 5.75 Å². The highest BCUT2D eigenvalue weighted by atomic mass is 16.5. The number of hydrogen-bond donors (Lipinski definition) is 1. The summed E-state index contributed by atoms with van der Waals surface area (Å²) in [6.45, 7) is 6.08. The molecule has 0 bridgehead atoms. The zero-order valence-electron chi connectivity index (χ0n) is 10.3. The quantitative estimate of drug-likeness (QED) is 0.838. The third-order valence-electron chi connectivity index (χ3n) is 2.68. The molecular formula is C15H16O2. The second kappa shape index (κ2) is 4.50.